The summed E-state index contributed by atoms with van der Waals surface area (Å²) >= 11 is 5.82. The van der Waals surface area contributed by atoms with Gasteiger partial charge in [-0.25, -0.2) is 0 Å². The van der Waals surface area contributed by atoms with Crippen LogP contribution in [-0.4, -0.2) is 5.78 Å². The molecule has 0 fully saturated rings. The highest BCUT2D eigenvalue weighted by Gasteiger charge is 2.03. The van der Waals surface area contributed by atoms with Crippen LogP contribution >= 0.6 is 11.6 Å². The zero-order chi connectivity index (χ0) is 15.4. The highest BCUT2D eigenvalue weighted by molar-refractivity contribution is 6.30. The van der Waals surface area contributed by atoms with E-state index in [9.17, 15) is 4.79 Å². The van der Waals surface area contributed by atoms with E-state index in [-0.39, 0.29) is 5.78 Å². The van der Waals surface area contributed by atoms with Gasteiger partial charge in [0.05, 0.1) is 0 Å². The first-order chi connectivity index (χ1) is 9.95. The Labute approximate surface area is 130 Å². The maximum absolute atomic E-state index is 12.1. The molecular weight excluding hydrogens is 282 g/mol. The smallest absolute Gasteiger partial charge is 0.187 e. The minimum atomic E-state index is -0.0412. The summed E-state index contributed by atoms with van der Waals surface area (Å²) in [4.78, 5) is 12.1. The number of nitrogens with one attached hydrogen (secondary N) is 1. The van der Waals surface area contributed by atoms with Crippen molar-refractivity contribution in [1.82, 2.24) is 0 Å². The predicted molar refractivity (Wildman–Crippen MR) is 89.1 cm³/mol. The van der Waals surface area contributed by atoms with Gasteiger partial charge in [0.1, 0.15) is 0 Å². The average molecular weight is 300 g/mol. The Bertz CT molecular complexity index is 687. The largest absolute Gasteiger partial charge is 0.359 e. The number of benzene rings is 2. The summed E-state index contributed by atoms with van der Waals surface area (Å²) in [6.07, 6.45) is 1.60. The van der Waals surface area contributed by atoms with E-state index in [0.717, 1.165) is 11.4 Å². The summed E-state index contributed by atoms with van der Waals surface area (Å²) in [5.74, 6) is -0.0412. The second-order valence-corrected chi connectivity index (χ2v) is 5.56. The number of hydrogen-bond donors (Lipinski definition) is 1. The number of hydrogen-bond acceptors (Lipinski definition) is 2. The first-order valence-electron chi connectivity index (χ1n) is 6.78. The molecule has 0 spiro atoms. The second-order valence-electron chi connectivity index (χ2n) is 5.12. The number of allylic oxidation sites excluding steroid dienone is 2. The van der Waals surface area contributed by atoms with Gasteiger partial charge >= 0.3 is 0 Å². The average Bonchev–Trinajstić information content (AvgIpc) is 2.43. The van der Waals surface area contributed by atoms with Crippen molar-refractivity contribution >= 4 is 23.1 Å². The quantitative estimate of drug-likeness (QED) is 0.624. The van der Waals surface area contributed by atoms with Crippen molar-refractivity contribution in [3.8, 4) is 0 Å². The van der Waals surface area contributed by atoms with Crippen molar-refractivity contribution < 1.29 is 4.79 Å². The first-order valence-corrected chi connectivity index (χ1v) is 7.16. The molecule has 3 heteroatoms. The highest BCUT2D eigenvalue weighted by Crippen LogP contribution is 2.16. The zero-order valence-corrected chi connectivity index (χ0v) is 13.2. The van der Waals surface area contributed by atoms with Gasteiger partial charge in [-0.05, 0) is 68.3 Å². The Hall–Kier alpha value is -2.06. The number of ketones is 1. The topological polar surface area (TPSA) is 29.1 Å². The lowest BCUT2D eigenvalue weighted by Gasteiger charge is -2.09. The molecule has 0 aliphatic heterocycles. The summed E-state index contributed by atoms with van der Waals surface area (Å²) in [6.45, 7) is 6.02. The minimum Gasteiger partial charge on any atom is -0.359 e. The van der Waals surface area contributed by atoms with E-state index in [1.807, 2.05) is 13.0 Å². The van der Waals surface area contributed by atoms with Crippen molar-refractivity contribution in [2.45, 2.75) is 20.8 Å². The molecule has 2 aromatic rings. The van der Waals surface area contributed by atoms with Crippen LogP contribution in [-0.2, 0) is 0 Å². The molecule has 2 aromatic carbocycles. The third kappa shape index (κ3) is 4.20. The molecule has 0 aliphatic rings. The number of halogens is 1. The van der Waals surface area contributed by atoms with Crippen molar-refractivity contribution in [3.05, 3.63) is 76.0 Å². The Kier molecular flexibility index (Phi) is 4.81. The SMILES string of the molecule is C/C(=C\C(=O)c1ccc(Cl)cc1)Nc1ccc(C)c(C)c1. The van der Waals surface area contributed by atoms with E-state index >= 15 is 0 Å². The van der Waals surface area contributed by atoms with Crippen LogP contribution < -0.4 is 5.32 Å². The lowest BCUT2D eigenvalue weighted by atomic mass is 10.1. The number of rotatable bonds is 4. The molecule has 0 heterocycles. The van der Waals surface area contributed by atoms with Crippen LogP contribution in [0.4, 0.5) is 5.69 Å². The fourth-order valence-corrected chi connectivity index (χ4v) is 2.10. The Morgan fingerprint density at radius 2 is 1.71 bits per heavy atom. The van der Waals surface area contributed by atoms with Gasteiger partial charge in [-0.15, -0.1) is 0 Å². The predicted octanol–water partition coefficient (Wildman–Crippen LogP) is 5.16. The Morgan fingerprint density at radius 3 is 2.33 bits per heavy atom. The van der Waals surface area contributed by atoms with E-state index < -0.39 is 0 Å². The molecule has 0 aromatic heterocycles. The third-order valence-corrected chi connectivity index (χ3v) is 3.58. The highest BCUT2D eigenvalue weighted by atomic mass is 35.5. The summed E-state index contributed by atoms with van der Waals surface area (Å²) < 4.78 is 0. The van der Waals surface area contributed by atoms with Gasteiger partial charge < -0.3 is 5.32 Å². The lowest BCUT2D eigenvalue weighted by molar-refractivity contribution is 0.104. The van der Waals surface area contributed by atoms with Gasteiger partial charge in [0, 0.05) is 28.0 Å². The molecule has 0 unspecified atom stereocenters. The summed E-state index contributed by atoms with van der Waals surface area (Å²) in [6, 6.07) is 13.0. The number of carbonyl (C=O) groups excluding carboxylic acids is 1. The van der Waals surface area contributed by atoms with Crippen LogP contribution in [0.15, 0.2) is 54.2 Å². The molecule has 0 radical (unpaired) electrons. The van der Waals surface area contributed by atoms with Crippen LogP contribution in [0.1, 0.15) is 28.4 Å². The normalized spacial score (nSPS) is 11.3. The Balaban J connectivity index is 2.11. The fourth-order valence-electron chi connectivity index (χ4n) is 1.98. The van der Waals surface area contributed by atoms with Crippen LogP contribution in [0.3, 0.4) is 0 Å². The molecule has 0 bridgehead atoms. The molecule has 108 valence electrons. The number of anilines is 1. The van der Waals surface area contributed by atoms with Gasteiger partial charge in [-0.2, -0.15) is 0 Å². The van der Waals surface area contributed by atoms with Crippen molar-refractivity contribution in [2.75, 3.05) is 5.32 Å². The number of carbonyl (C=O) groups is 1. The molecule has 0 saturated carbocycles. The second kappa shape index (κ2) is 6.59. The first kappa shape index (κ1) is 15.3. The van der Waals surface area contributed by atoms with Gasteiger partial charge in [-0.3, -0.25) is 4.79 Å². The molecule has 0 aliphatic carbocycles. The summed E-state index contributed by atoms with van der Waals surface area (Å²) in [7, 11) is 0. The van der Waals surface area contributed by atoms with E-state index in [0.29, 0.717) is 10.6 Å². The zero-order valence-electron chi connectivity index (χ0n) is 12.4. The molecule has 2 rings (SSSR count). The van der Waals surface area contributed by atoms with Gasteiger partial charge in [0.15, 0.2) is 5.78 Å². The van der Waals surface area contributed by atoms with E-state index in [2.05, 4.69) is 31.3 Å². The van der Waals surface area contributed by atoms with Gasteiger partial charge in [0.2, 0.25) is 0 Å². The maximum Gasteiger partial charge on any atom is 0.187 e. The molecule has 0 atom stereocenters. The fraction of sp³-hybridized carbons (Fsp3) is 0.167. The van der Waals surface area contributed by atoms with Crippen LogP contribution in [0.2, 0.25) is 5.02 Å². The van der Waals surface area contributed by atoms with Crippen LogP contribution in [0, 0.1) is 13.8 Å². The molecule has 2 nitrogen and oxygen atoms in total. The van der Waals surface area contributed by atoms with Gasteiger partial charge in [0.25, 0.3) is 0 Å². The molecule has 21 heavy (non-hydrogen) atoms. The summed E-state index contributed by atoms with van der Waals surface area (Å²) in [5, 5.41) is 3.86. The van der Waals surface area contributed by atoms with Gasteiger partial charge in [-0.1, -0.05) is 17.7 Å². The lowest BCUT2D eigenvalue weighted by Crippen LogP contribution is -2.01. The van der Waals surface area contributed by atoms with Crippen molar-refractivity contribution in [3.63, 3.8) is 0 Å². The molecule has 0 saturated heterocycles. The minimum absolute atomic E-state index is 0.0412. The van der Waals surface area contributed by atoms with Crippen LogP contribution in [0.5, 0.6) is 0 Å². The van der Waals surface area contributed by atoms with Crippen molar-refractivity contribution in [2.24, 2.45) is 0 Å². The van der Waals surface area contributed by atoms with E-state index in [4.69, 9.17) is 11.6 Å². The standard InChI is InChI=1S/C18H18ClNO/c1-12-4-9-17(10-13(12)2)20-14(3)11-18(21)15-5-7-16(19)8-6-15/h4-11,20H,1-3H3/b14-11+. The van der Waals surface area contributed by atoms with E-state index in [1.54, 1.807) is 30.3 Å². The van der Waals surface area contributed by atoms with E-state index in [1.165, 1.54) is 11.1 Å². The molecular formula is C18H18ClNO. The maximum atomic E-state index is 12.1. The van der Waals surface area contributed by atoms with Crippen molar-refractivity contribution in [1.29, 1.82) is 0 Å². The third-order valence-electron chi connectivity index (χ3n) is 3.32. The van der Waals surface area contributed by atoms with Crippen LogP contribution in [0.25, 0.3) is 0 Å². The molecule has 1 N–H and O–H groups in total. The monoisotopic (exact) mass is 299 g/mol. The number of aryl methyl sites for hydroxylation is 2. The molecule has 0 amide bonds. The summed E-state index contributed by atoms with van der Waals surface area (Å²) in [5.41, 5.74) is 4.88. The Morgan fingerprint density at radius 1 is 1.05 bits per heavy atom.